The molecule has 0 saturated heterocycles. The number of sulfonamides is 1. The number of rotatable bonds is 8. The molecule has 7 nitrogen and oxygen atoms in total. The fraction of sp³-hybridized carbons (Fsp3) is 0.240. The molecular formula is C25H28N2O5S. The Morgan fingerprint density at radius 1 is 0.909 bits per heavy atom. The van der Waals surface area contributed by atoms with E-state index in [9.17, 15) is 13.2 Å². The first-order valence-electron chi connectivity index (χ1n) is 10.3. The maximum atomic E-state index is 13.6. The first kappa shape index (κ1) is 24.1. The molecular weight excluding hydrogens is 440 g/mol. The van der Waals surface area contributed by atoms with Crippen LogP contribution in [-0.2, 0) is 14.8 Å². The zero-order valence-electron chi connectivity index (χ0n) is 19.4. The van der Waals surface area contributed by atoms with Crippen molar-refractivity contribution in [1.29, 1.82) is 0 Å². The van der Waals surface area contributed by atoms with Crippen LogP contribution >= 0.6 is 0 Å². The Morgan fingerprint density at radius 2 is 1.58 bits per heavy atom. The molecule has 3 rings (SSSR count). The molecule has 0 fully saturated rings. The number of aryl methyl sites for hydroxylation is 2. The number of hydrogen-bond donors (Lipinski definition) is 1. The number of carbonyl (C=O) groups is 1. The Hall–Kier alpha value is -3.52. The number of methoxy groups -OCH3 is 2. The van der Waals surface area contributed by atoms with Crippen LogP contribution in [0.15, 0.2) is 65.6 Å². The lowest BCUT2D eigenvalue weighted by atomic mass is 10.1. The zero-order chi connectivity index (χ0) is 24.2. The average Bonchev–Trinajstić information content (AvgIpc) is 2.80. The molecule has 0 aliphatic carbocycles. The summed E-state index contributed by atoms with van der Waals surface area (Å²) in [6.07, 6.45) is 0. The molecule has 1 N–H and O–H groups in total. The highest BCUT2D eigenvalue weighted by molar-refractivity contribution is 7.92. The summed E-state index contributed by atoms with van der Waals surface area (Å²) in [4.78, 5) is 13.1. The SMILES string of the molecule is COc1ccc(N(CC(=O)Nc2cccc(C)c2C)S(=O)(=O)c2ccc(C)cc2)cc1OC. The first-order chi connectivity index (χ1) is 15.7. The second kappa shape index (κ2) is 9.95. The summed E-state index contributed by atoms with van der Waals surface area (Å²) in [6.45, 7) is 5.31. The van der Waals surface area contributed by atoms with E-state index in [1.54, 1.807) is 30.3 Å². The summed E-state index contributed by atoms with van der Waals surface area (Å²) in [6, 6.07) is 16.8. The van der Waals surface area contributed by atoms with E-state index in [4.69, 9.17) is 9.47 Å². The van der Waals surface area contributed by atoms with Crippen LogP contribution in [0.25, 0.3) is 0 Å². The van der Waals surface area contributed by atoms with E-state index in [-0.39, 0.29) is 10.6 Å². The van der Waals surface area contributed by atoms with Gasteiger partial charge in [-0.1, -0.05) is 29.8 Å². The second-order valence-corrected chi connectivity index (χ2v) is 9.52. The van der Waals surface area contributed by atoms with Gasteiger partial charge in [0, 0.05) is 11.8 Å². The molecule has 0 unspecified atom stereocenters. The quantitative estimate of drug-likeness (QED) is 0.528. The van der Waals surface area contributed by atoms with Crippen molar-refractivity contribution in [3.05, 3.63) is 77.4 Å². The molecule has 0 atom stereocenters. The van der Waals surface area contributed by atoms with Crippen molar-refractivity contribution >= 4 is 27.3 Å². The number of carbonyl (C=O) groups excluding carboxylic acids is 1. The Labute approximate surface area is 195 Å². The van der Waals surface area contributed by atoms with Crippen molar-refractivity contribution in [3.63, 3.8) is 0 Å². The molecule has 0 bridgehead atoms. The normalized spacial score (nSPS) is 11.1. The van der Waals surface area contributed by atoms with E-state index in [0.717, 1.165) is 21.0 Å². The van der Waals surface area contributed by atoms with Gasteiger partial charge in [-0.15, -0.1) is 0 Å². The van der Waals surface area contributed by atoms with E-state index in [1.165, 1.54) is 32.4 Å². The number of amides is 1. The van der Waals surface area contributed by atoms with E-state index >= 15 is 0 Å². The number of hydrogen-bond acceptors (Lipinski definition) is 5. The molecule has 0 heterocycles. The molecule has 1 amide bonds. The van der Waals surface area contributed by atoms with Gasteiger partial charge in [0.1, 0.15) is 6.54 Å². The third-order valence-corrected chi connectivity index (χ3v) is 7.22. The van der Waals surface area contributed by atoms with Crippen molar-refractivity contribution in [2.75, 3.05) is 30.4 Å². The van der Waals surface area contributed by atoms with E-state index in [2.05, 4.69) is 5.32 Å². The van der Waals surface area contributed by atoms with Crippen LogP contribution in [0.4, 0.5) is 11.4 Å². The van der Waals surface area contributed by atoms with Gasteiger partial charge < -0.3 is 14.8 Å². The van der Waals surface area contributed by atoms with Gasteiger partial charge in [0.15, 0.2) is 11.5 Å². The van der Waals surface area contributed by atoms with Crippen molar-refractivity contribution in [2.24, 2.45) is 0 Å². The molecule has 0 saturated carbocycles. The summed E-state index contributed by atoms with van der Waals surface area (Å²) >= 11 is 0. The van der Waals surface area contributed by atoms with Gasteiger partial charge >= 0.3 is 0 Å². The predicted molar refractivity (Wildman–Crippen MR) is 130 cm³/mol. The monoisotopic (exact) mass is 468 g/mol. The second-order valence-electron chi connectivity index (χ2n) is 7.66. The van der Waals surface area contributed by atoms with Crippen molar-refractivity contribution in [2.45, 2.75) is 25.7 Å². The van der Waals surface area contributed by atoms with E-state index in [1.807, 2.05) is 32.9 Å². The number of nitrogens with zero attached hydrogens (tertiary/aromatic N) is 1. The highest BCUT2D eigenvalue weighted by Crippen LogP contribution is 2.34. The Balaban J connectivity index is 2.02. The molecule has 3 aromatic rings. The summed E-state index contributed by atoms with van der Waals surface area (Å²) in [5.74, 6) is 0.344. The average molecular weight is 469 g/mol. The van der Waals surface area contributed by atoms with Crippen LogP contribution in [0.2, 0.25) is 0 Å². The number of anilines is 2. The van der Waals surface area contributed by atoms with Crippen molar-refractivity contribution < 1.29 is 22.7 Å². The molecule has 0 aromatic heterocycles. The summed E-state index contributed by atoms with van der Waals surface area (Å²) in [7, 11) is -1.08. The van der Waals surface area contributed by atoms with E-state index in [0.29, 0.717) is 17.2 Å². The Kier molecular flexibility index (Phi) is 7.28. The van der Waals surface area contributed by atoms with Crippen LogP contribution in [0.3, 0.4) is 0 Å². The van der Waals surface area contributed by atoms with Gasteiger partial charge in [-0.3, -0.25) is 9.10 Å². The maximum absolute atomic E-state index is 13.6. The van der Waals surface area contributed by atoms with Crippen LogP contribution in [0.1, 0.15) is 16.7 Å². The standard InChI is InChI=1S/C25H28N2O5S/c1-17-9-12-21(13-10-17)33(29,30)27(20-11-14-23(31-4)24(15-20)32-5)16-25(28)26-22-8-6-7-18(2)19(22)3/h6-15H,16H2,1-5H3,(H,26,28). The van der Waals surface area contributed by atoms with Crippen LogP contribution in [-0.4, -0.2) is 35.1 Å². The zero-order valence-corrected chi connectivity index (χ0v) is 20.2. The fourth-order valence-electron chi connectivity index (χ4n) is 3.34. The van der Waals surface area contributed by atoms with Crippen LogP contribution in [0.5, 0.6) is 11.5 Å². The van der Waals surface area contributed by atoms with E-state index < -0.39 is 22.5 Å². The smallest absolute Gasteiger partial charge is 0.264 e. The third kappa shape index (κ3) is 5.28. The van der Waals surface area contributed by atoms with Crippen LogP contribution in [0, 0.1) is 20.8 Å². The molecule has 0 aliphatic rings. The van der Waals surface area contributed by atoms with Gasteiger partial charge in [0.2, 0.25) is 5.91 Å². The third-order valence-electron chi connectivity index (χ3n) is 5.43. The predicted octanol–water partition coefficient (Wildman–Crippen LogP) is 4.46. The summed E-state index contributed by atoms with van der Waals surface area (Å²) in [5.41, 5.74) is 3.80. The largest absolute Gasteiger partial charge is 0.493 e. The molecule has 33 heavy (non-hydrogen) atoms. The van der Waals surface area contributed by atoms with Gasteiger partial charge in [0.25, 0.3) is 10.0 Å². The lowest BCUT2D eigenvalue weighted by Gasteiger charge is -2.25. The highest BCUT2D eigenvalue weighted by atomic mass is 32.2. The van der Waals surface area contributed by atoms with Gasteiger partial charge in [-0.25, -0.2) is 8.42 Å². The summed E-state index contributed by atoms with van der Waals surface area (Å²) < 4.78 is 38.8. The topological polar surface area (TPSA) is 84.9 Å². The minimum Gasteiger partial charge on any atom is -0.493 e. The van der Waals surface area contributed by atoms with Gasteiger partial charge in [0.05, 0.1) is 24.8 Å². The van der Waals surface area contributed by atoms with Crippen molar-refractivity contribution in [1.82, 2.24) is 0 Å². The molecule has 8 heteroatoms. The number of ether oxygens (including phenoxy) is 2. The lowest BCUT2D eigenvalue weighted by Crippen LogP contribution is -2.38. The molecule has 0 radical (unpaired) electrons. The molecule has 3 aromatic carbocycles. The number of benzene rings is 3. The Morgan fingerprint density at radius 3 is 2.21 bits per heavy atom. The van der Waals surface area contributed by atoms with Gasteiger partial charge in [-0.2, -0.15) is 0 Å². The Bertz CT molecular complexity index is 1250. The maximum Gasteiger partial charge on any atom is 0.264 e. The molecule has 0 aliphatic heterocycles. The van der Waals surface area contributed by atoms with Gasteiger partial charge in [-0.05, 0) is 62.2 Å². The minimum atomic E-state index is -4.04. The minimum absolute atomic E-state index is 0.0856. The highest BCUT2D eigenvalue weighted by Gasteiger charge is 2.28. The lowest BCUT2D eigenvalue weighted by molar-refractivity contribution is -0.114. The first-order valence-corrected chi connectivity index (χ1v) is 11.8. The number of nitrogens with one attached hydrogen (secondary N) is 1. The van der Waals surface area contributed by atoms with Crippen molar-refractivity contribution in [3.8, 4) is 11.5 Å². The molecule has 0 spiro atoms. The summed E-state index contributed by atoms with van der Waals surface area (Å²) in [5, 5.41) is 2.83. The molecule has 174 valence electrons. The van der Waals surface area contributed by atoms with Crippen LogP contribution < -0.4 is 19.1 Å². The fourth-order valence-corrected chi connectivity index (χ4v) is 4.75.